The van der Waals surface area contributed by atoms with Crippen LogP contribution in [-0.4, -0.2) is 27.3 Å². The number of allylic oxidation sites excluding steroid dienone is 1. The Balaban J connectivity index is 1.38. The van der Waals surface area contributed by atoms with E-state index in [-0.39, 0.29) is 5.91 Å². The van der Waals surface area contributed by atoms with Crippen LogP contribution in [0.3, 0.4) is 0 Å². The van der Waals surface area contributed by atoms with Gasteiger partial charge in [0.1, 0.15) is 18.1 Å². The number of nitrogens with zero attached hydrogens (tertiary/aromatic N) is 3. The minimum atomic E-state index is -0.424. The summed E-state index contributed by atoms with van der Waals surface area (Å²) in [7, 11) is 0. The van der Waals surface area contributed by atoms with Crippen molar-refractivity contribution in [1.29, 1.82) is 0 Å². The SMILES string of the molecule is CC1=C(C(=O)Nc2cccc(C)c2C)C(c2ccc(OCCc3ccccc3)cc2)n2ncnc2N1. The fourth-order valence-electron chi connectivity index (χ4n) is 4.45. The summed E-state index contributed by atoms with van der Waals surface area (Å²) in [6, 6.07) is 23.6. The first-order valence-electron chi connectivity index (χ1n) is 12.0. The van der Waals surface area contributed by atoms with E-state index in [1.165, 1.54) is 11.9 Å². The summed E-state index contributed by atoms with van der Waals surface area (Å²) in [5.74, 6) is 1.21. The summed E-state index contributed by atoms with van der Waals surface area (Å²) in [6.45, 7) is 6.52. The van der Waals surface area contributed by atoms with Crippen LogP contribution in [0.2, 0.25) is 0 Å². The summed E-state index contributed by atoms with van der Waals surface area (Å²) in [4.78, 5) is 17.9. The Kier molecular flexibility index (Phi) is 6.54. The highest BCUT2D eigenvalue weighted by atomic mass is 16.5. The monoisotopic (exact) mass is 479 g/mol. The van der Waals surface area contributed by atoms with E-state index in [4.69, 9.17) is 4.74 Å². The van der Waals surface area contributed by atoms with Crippen LogP contribution in [0, 0.1) is 13.8 Å². The highest BCUT2D eigenvalue weighted by Crippen LogP contribution is 2.36. The molecule has 7 heteroatoms. The summed E-state index contributed by atoms with van der Waals surface area (Å²) >= 11 is 0. The molecule has 1 aromatic heterocycles. The number of ether oxygens (including phenoxy) is 1. The lowest BCUT2D eigenvalue weighted by molar-refractivity contribution is -0.113. The van der Waals surface area contributed by atoms with Gasteiger partial charge in [-0.25, -0.2) is 4.68 Å². The van der Waals surface area contributed by atoms with Crippen LogP contribution in [-0.2, 0) is 11.2 Å². The second kappa shape index (κ2) is 10.1. The third-order valence-electron chi connectivity index (χ3n) is 6.59. The van der Waals surface area contributed by atoms with Crippen LogP contribution >= 0.6 is 0 Å². The third-order valence-corrected chi connectivity index (χ3v) is 6.59. The Morgan fingerprint density at radius 2 is 1.78 bits per heavy atom. The maximum atomic E-state index is 13.6. The van der Waals surface area contributed by atoms with Crippen LogP contribution < -0.4 is 15.4 Å². The van der Waals surface area contributed by atoms with Crippen molar-refractivity contribution in [2.45, 2.75) is 33.2 Å². The standard InChI is InChI=1S/C29H29N5O2/c1-19-8-7-11-25(20(19)2)33-28(35)26-21(3)32-29-30-18-31-34(29)27(26)23-12-14-24(15-13-23)36-17-16-22-9-5-4-6-10-22/h4-15,18,27H,16-17H2,1-3H3,(H,33,35)(H,30,31,32). The van der Waals surface area contributed by atoms with Gasteiger partial charge in [0.05, 0.1) is 12.2 Å². The van der Waals surface area contributed by atoms with Crippen LogP contribution in [0.1, 0.15) is 35.2 Å². The number of hydrogen-bond donors (Lipinski definition) is 2. The number of nitrogens with one attached hydrogen (secondary N) is 2. The van der Waals surface area contributed by atoms with Crippen molar-refractivity contribution in [2.75, 3.05) is 17.2 Å². The van der Waals surface area contributed by atoms with E-state index in [1.54, 1.807) is 4.68 Å². The minimum Gasteiger partial charge on any atom is -0.493 e. The number of anilines is 2. The molecule has 0 saturated heterocycles. The van der Waals surface area contributed by atoms with E-state index < -0.39 is 6.04 Å². The van der Waals surface area contributed by atoms with Gasteiger partial charge in [-0.15, -0.1) is 0 Å². The van der Waals surface area contributed by atoms with Crippen LogP contribution in [0.25, 0.3) is 0 Å². The van der Waals surface area contributed by atoms with Gasteiger partial charge >= 0.3 is 0 Å². The maximum absolute atomic E-state index is 13.6. The summed E-state index contributed by atoms with van der Waals surface area (Å²) < 4.78 is 7.71. The lowest BCUT2D eigenvalue weighted by Crippen LogP contribution is -2.31. The minimum absolute atomic E-state index is 0.178. The van der Waals surface area contributed by atoms with E-state index in [0.717, 1.165) is 40.2 Å². The van der Waals surface area contributed by atoms with Crippen molar-refractivity contribution >= 4 is 17.5 Å². The van der Waals surface area contributed by atoms with Crippen LogP contribution in [0.5, 0.6) is 5.75 Å². The average molecular weight is 480 g/mol. The van der Waals surface area contributed by atoms with Gasteiger partial charge in [0.25, 0.3) is 5.91 Å². The molecule has 1 atom stereocenters. The molecule has 0 spiro atoms. The van der Waals surface area contributed by atoms with Gasteiger partial charge in [0.15, 0.2) is 0 Å². The molecule has 3 aromatic carbocycles. The number of amides is 1. The second-order valence-electron chi connectivity index (χ2n) is 8.95. The molecule has 7 nitrogen and oxygen atoms in total. The molecule has 5 rings (SSSR count). The number of aromatic nitrogens is 3. The predicted molar refractivity (Wildman–Crippen MR) is 141 cm³/mol. The van der Waals surface area contributed by atoms with Crippen molar-refractivity contribution in [3.63, 3.8) is 0 Å². The van der Waals surface area contributed by atoms with E-state index in [0.29, 0.717) is 18.1 Å². The number of carbonyl (C=O) groups is 1. The zero-order valence-corrected chi connectivity index (χ0v) is 20.7. The molecule has 2 heterocycles. The highest BCUT2D eigenvalue weighted by Gasteiger charge is 2.33. The molecule has 0 fully saturated rings. The van der Waals surface area contributed by atoms with E-state index in [9.17, 15) is 4.79 Å². The van der Waals surface area contributed by atoms with Gasteiger partial charge in [-0.2, -0.15) is 10.1 Å². The van der Waals surface area contributed by atoms with E-state index >= 15 is 0 Å². The van der Waals surface area contributed by atoms with Gasteiger partial charge < -0.3 is 15.4 Å². The van der Waals surface area contributed by atoms with Gasteiger partial charge in [-0.3, -0.25) is 4.79 Å². The number of rotatable bonds is 7. The quantitative estimate of drug-likeness (QED) is 0.369. The molecule has 36 heavy (non-hydrogen) atoms. The normalized spacial score (nSPS) is 14.7. The zero-order valence-electron chi connectivity index (χ0n) is 20.7. The summed E-state index contributed by atoms with van der Waals surface area (Å²) in [6.07, 6.45) is 2.33. The lowest BCUT2D eigenvalue weighted by atomic mass is 9.94. The molecule has 4 aromatic rings. The first kappa shape index (κ1) is 23.4. The van der Waals surface area contributed by atoms with Gasteiger partial charge in [0, 0.05) is 17.8 Å². The molecular weight excluding hydrogens is 450 g/mol. The molecule has 0 radical (unpaired) electrons. The predicted octanol–water partition coefficient (Wildman–Crippen LogP) is 5.44. The Hall–Kier alpha value is -4.39. The van der Waals surface area contributed by atoms with Gasteiger partial charge in [-0.05, 0) is 61.2 Å². The molecule has 0 aliphatic carbocycles. The summed E-state index contributed by atoms with van der Waals surface area (Å²) in [5.41, 5.74) is 6.46. The molecule has 1 unspecified atom stereocenters. The smallest absolute Gasteiger partial charge is 0.255 e. The van der Waals surface area contributed by atoms with Gasteiger partial charge in [-0.1, -0.05) is 54.6 Å². The summed E-state index contributed by atoms with van der Waals surface area (Å²) in [5, 5.41) is 10.8. The molecule has 0 saturated carbocycles. The van der Waals surface area contributed by atoms with E-state index in [2.05, 4.69) is 32.8 Å². The van der Waals surface area contributed by atoms with Crippen molar-refractivity contribution in [1.82, 2.24) is 14.8 Å². The molecular formula is C29H29N5O2. The molecule has 1 amide bonds. The molecule has 1 aliphatic rings. The van der Waals surface area contributed by atoms with Crippen LogP contribution in [0.4, 0.5) is 11.6 Å². The highest BCUT2D eigenvalue weighted by molar-refractivity contribution is 6.06. The van der Waals surface area contributed by atoms with Crippen LogP contribution in [0.15, 0.2) is 90.4 Å². The zero-order chi connectivity index (χ0) is 25.1. The second-order valence-corrected chi connectivity index (χ2v) is 8.95. The number of aryl methyl sites for hydroxylation is 1. The molecule has 2 N–H and O–H groups in total. The van der Waals surface area contributed by atoms with Crippen molar-refractivity contribution < 1.29 is 9.53 Å². The number of benzene rings is 3. The topological polar surface area (TPSA) is 81.1 Å². The third kappa shape index (κ3) is 4.73. The Morgan fingerprint density at radius 1 is 1.00 bits per heavy atom. The molecule has 182 valence electrons. The van der Waals surface area contributed by atoms with Gasteiger partial charge in [0.2, 0.25) is 5.95 Å². The first-order chi connectivity index (χ1) is 17.5. The molecule has 0 bridgehead atoms. The Morgan fingerprint density at radius 3 is 2.56 bits per heavy atom. The first-order valence-corrected chi connectivity index (χ1v) is 12.0. The number of fused-ring (bicyclic) bond motifs is 1. The maximum Gasteiger partial charge on any atom is 0.255 e. The largest absolute Gasteiger partial charge is 0.493 e. The Bertz CT molecular complexity index is 1410. The number of hydrogen-bond acceptors (Lipinski definition) is 5. The lowest BCUT2D eigenvalue weighted by Gasteiger charge is -2.29. The number of carbonyl (C=O) groups excluding carboxylic acids is 1. The van der Waals surface area contributed by atoms with Crippen molar-refractivity contribution in [3.05, 3.63) is 113 Å². The average Bonchev–Trinajstić information content (AvgIpc) is 3.35. The fraction of sp³-hybridized carbons (Fsp3) is 0.207. The van der Waals surface area contributed by atoms with Crippen molar-refractivity contribution in [2.24, 2.45) is 0 Å². The Labute approximate surface area is 210 Å². The fourth-order valence-corrected chi connectivity index (χ4v) is 4.45. The molecule has 1 aliphatic heterocycles. The van der Waals surface area contributed by atoms with Crippen molar-refractivity contribution in [3.8, 4) is 5.75 Å². The van der Waals surface area contributed by atoms with E-state index in [1.807, 2.05) is 81.4 Å².